The third-order valence-electron chi connectivity index (χ3n) is 2.69. The van der Waals surface area contributed by atoms with Crippen LogP contribution in [0.5, 0.6) is 5.75 Å². The Morgan fingerprint density at radius 3 is 2.68 bits per heavy atom. The van der Waals surface area contributed by atoms with E-state index in [2.05, 4.69) is 10.5 Å². The van der Waals surface area contributed by atoms with Crippen LogP contribution < -0.4 is 11.1 Å². The van der Waals surface area contributed by atoms with Gasteiger partial charge in [0.25, 0.3) is 0 Å². The van der Waals surface area contributed by atoms with E-state index in [0.717, 1.165) is 0 Å². The van der Waals surface area contributed by atoms with Gasteiger partial charge in [-0.1, -0.05) is 31.1 Å². The molecule has 1 rings (SSSR count). The van der Waals surface area contributed by atoms with Gasteiger partial charge in [-0.3, -0.25) is 4.79 Å². The zero-order valence-corrected chi connectivity index (χ0v) is 11.0. The highest BCUT2D eigenvalue weighted by atomic mass is 16.4. The van der Waals surface area contributed by atoms with Crippen LogP contribution >= 0.6 is 0 Å². The third kappa shape index (κ3) is 4.50. The molecule has 6 heteroatoms. The second-order valence-electron chi connectivity index (χ2n) is 4.66. The summed E-state index contributed by atoms with van der Waals surface area (Å²) in [5, 5.41) is 23.6. The molecule has 1 atom stereocenters. The molecule has 104 valence electrons. The number of nitrogens with zero attached hydrogens (tertiary/aromatic N) is 1. The van der Waals surface area contributed by atoms with Crippen LogP contribution in [0.15, 0.2) is 29.4 Å². The van der Waals surface area contributed by atoms with Crippen molar-refractivity contribution < 1.29 is 15.1 Å². The minimum Gasteiger partial charge on any atom is -0.508 e. The molecular weight excluding hydrogens is 246 g/mol. The molecule has 0 saturated heterocycles. The molecule has 0 heterocycles. The molecule has 1 amide bonds. The van der Waals surface area contributed by atoms with Crippen molar-refractivity contribution in [3.8, 4) is 5.75 Å². The molecule has 0 aliphatic heterocycles. The number of hydrogen-bond donors (Lipinski definition) is 4. The van der Waals surface area contributed by atoms with Crippen molar-refractivity contribution in [3.05, 3.63) is 29.8 Å². The SMILES string of the molecule is CC(C)C(NC(=O)Cc1cccc(O)c1)C(N)=NO. The minimum absolute atomic E-state index is 0.00373. The van der Waals surface area contributed by atoms with Crippen molar-refractivity contribution >= 4 is 11.7 Å². The minimum atomic E-state index is -0.519. The molecular formula is C13H19N3O3. The smallest absolute Gasteiger partial charge is 0.225 e. The first-order valence-corrected chi connectivity index (χ1v) is 5.98. The quantitative estimate of drug-likeness (QED) is 0.273. The highest BCUT2D eigenvalue weighted by Crippen LogP contribution is 2.11. The van der Waals surface area contributed by atoms with Gasteiger partial charge in [0.15, 0.2) is 5.84 Å². The van der Waals surface area contributed by atoms with Crippen molar-refractivity contribution in [1.82, 2.24) is 5.32 Å². The van der Waals surface area contributed by atoms with Crippen LogP contribution in [0.25, 0.3) is 0 Å². The van der Waals surface area contributed by atoms with Crippen LogP contribution in [0, 0.1) is 5.92 Å². The Labute approximate surface area is 111 Å². The molecule has 0 fully saturated rings. The summed E-state index contributed by atoms with van der Waals surface area (Å²) in [6, 6.07) is 5.95. The van der Waals surface area contributed by atoms with E-state index in [-0.39, 0.29) is 29.8 Å². The van der Waals surface area contributed by atoms with Crippen LogP contribution in [0.1, 0.15) is 19.4 Å². The summed E-state index contributed by atoms with van der Waals surface area (Å²) in [6.07, 6.45) is 0.121. The second kappa shape index (κ2) is 6.63. The van der Waals surface area contributed by atoms with E-state index >= 15 is 0 Å². The maximum Gasteiger partial charge on any atom is 0.225 e. The molecule has 0 spiro atoms. The maximum atomic E-state index is 11.9. The molecule has 6 nitrogen and oxygen atoms in total. The molecule has 0 aromatic heterocycles. The number of nitrogens with two attached hydrogens (primary N) is 1. The van der Waals surface area contributed by atoms with Gasteiger partial charge in [-0.2, -0.15) is 0 Å². The van der Waals surface area contributed by atoms with E-state index in [1.54, 1.807) is 12.1 Å². The fraction of sp³-hybridized carbons (Fsp3) is 0.385. The normalized spacial score (nSPS) is 13.3. The Bertz CT molecular complexity index is 472. The van der Waals surface area contributed by atoms with Gasteiger partial charge in [0.1, 0.15) is 5.75 Å². The van der Waals surface area contributed by atoms with Gasteiger partial charge in [-0.15, -0.1) is 0 Å². The molecule has 0 radical (unpaired) electrons. The number of oxime groups is 1. The number of carbonyl (C=O) groups is 1. The van der Waals surface area contributed by atoms with Gasteiger partial charge in [0.2, 0.25) is 5.91 Å². The predicted molar refractivity (Wildman–Crippen MR) is 72.0 cm³/mol. The van der Waals surface area contributed by atoms with E-state index in [4.69, 9.17) is 10.9 Å². The van der Waals surface area contributed by atoms with Crippen molar-refractivity contribution in [2.45, 2.75) is 26.3 Å². The van der Waals surface area contributed by atoms with E-state index < -0.39 is 6.04 Å². The Morgan fingerprint density at radius 1 is 1.47 bits per heavy atom. The molecule has 1 aromatic carbocycles. The van der Waals surface area contributed by atoms with Crippen molar-refractivity contribution in [1.29, 1.82) is 0 Å². The molecule has 0 bridgehead atoms. The summed E-state index contributed by atoms with van der Waals surface area (Å²) < 4.78 is 0. The van der Waals surface area contributed by atoms with Gasteiger partial charge < -0.3 is 21.4 Å². The molecule has 19 heavy (non-hydrogen) atoms. The molecule has 1 unspecified atom stereocenters. The number of hydrogen-bond acceptors (Lipinski definition) is 4. The number of amidine groups is 1. The van der Waals surface area contributed by atoms with Gasteiger partial charge in [-0.25, -0.2) is 0 Å². The molecule has 0 aliphatic rings. The Morgan fingerprint density at radius 2 is 2.16 bits per heavy atom. The van der Waals surface area contributed by atoms with Crippen LogP contribution in [-0.2, 0) is 11.2 Å². The molecule has 0 aliphatic carbocycles. The average molecular weight is 265 g/mol. The number of nitrogens with one attached hydrogen (secondary N) is 1. The van der Waals surface area contributed by atoms with E-state index in [9.17, 15) is 9.90 Å². The number of amides is 1. The largest absolute Gasteiger partial charge is 0.508 e. The zero-order valence-electron chi connectivity index (χ0n) is 11.0. The standard InChI is InChI=1S/C13H19N3O3/c1-8(2)12(13(14)16-19)15-11(18)7-9-4-3-5-10(17)6-9/h3-6,8,12,17,19H,7H2,1-2H3,(H2,14,16)(H,15,18). The number of benzene rings is 1. The Kier molecular flexibility index (Phi) is 5.17. The average Bonchev–Trinajstić information content (AvgIpc) is 2.34. The summed E-state index contributed by atoms with van der Waals surface area (Å²) in [6.45, 7) is 3.72. The number of aromatic hydroxyl groups is 1. The van der Waals surface area contributed by atoms with E-state index in [1.165, 1.54) is 12.1 Å². The fourth-order valence-corrected chi connectivity index (χ4v) is 1.72. The first-order valence-electron chi connectivity index (χ1n) is 5.98. The first-order chi connectivity index (χ1) is 8.93. The van der Waals surface area contributed by atoms with Crippen LogP contribution in [0.2, 0.25) is 0 Å². The summed E-state index contributed by atoms with van der Waals surface area (Å²) in [7, 11) is 0. The van der Waals surface area contributed by atoms with Gasteiger partial charge in [-0.05, 0) is 23.6 Å². The van der Waals surface area contributed by atoms with Gasteiger partial charge in [0.05, 0.1) is 12.5 Å². The lowest BCUT2D eigenvalue weighted by Crippen LogP contribution is -2.48. The summed E-state index contributed by atoms with van der Waals surface area (Å²) in [5.41, 5.74) is 6.22. The third-order valence-corrected chi connectivity index (χ3v) is 2.69. The van der Waals surface area contributed by atoms with Crippen LogP contribution in [0.3, 0.4) is 0 Å². The lowest BCUT2D eigenvalue weighted by molar-refractivity contribution is -0.121. The molecule has 0 saturated carbocycles. The van der Waals surface area contributed by atoms with E-state index in [0.29, 0.717) is 5.56 Å². The van der Waals surface area contributed by atoms with Crippen molar-refractivity contribution in [2.75, 3.05) is 0 Å². The highest BCUT2D eigenvalue weighted by Gasteiger charge is 2.20. The number of phenols is 1. The summed E-state index contributed by atoms with van der Waals surface area (Å²) in [5.74, 6) is -0.165. The Hall–Kier alpha value is -2.24. The second-order valence-corrected chi connectivity index (χ2v) is 4.66. The number of phenolic OH excluding ortho intramolecular Hbond substituents is 1. The summed E-state index contributed by atoms with van der Waals surface area (Å²) >= 11 is 0. The predicted octanol–water partition coefficient (Wildman–Crippen LogP) is 0.822. The monoisotopic (exact) mass is 265 g/mol. The zero-order chi connectivity index (χ0) is 14.4. The lowest BCUT2D eigenvalue weighted by atomic mass is 10.0. The number of rotatable bonds is 5. The Balaban J connectivity index is 2.68. The van der Waals surface area contributed by atoms with Crippen molar-refractivity contribution in [3.63, 3.8) is 0 Å². The van der Waals surface area contributed by atoms with Gasteiger partial charge in [0, 0.05) is 0 Å². The van der Waals surface area contributed by atoms with Crippen LogP contribution in [0.4, 0.5) is 0 Å². The lowest BCUT2D eigenvalue weighted by Gasteiger charge is -2.20. The molecule has 5 N–H and O–H groups in total. The number of carbonyl (C=O) groups excluding carboxylic acids is 1. The summed E-state index contributed by atoms with van der Waals surface area (Å²) in [4.78, 5) is 11.9. The maximum absolute atomic E-state index is 11.9. The van der Waals surface area contributed by atoms with Crippen molar-refractivity contribution in [2.24, 2.45) is 16.8 Å². The van der Waals surface area contributed by atoms with Gasteiger partial charge >= 0.3 is 0 Å². The van der Waals surface area contributed by atoms with Crippen LogP contribution in [-0.4, -0.2) is 28.1 Å². The fourth-order valence-electron chi connectivity index (χ4n) is 1.72. The topological polar surface area (TPSA) is 108 Å². The van der Waals surface area contributed by atoms with E-state index in [1.807, 2.05) is 13.8 Å². The first kappa shape index (κ1) is 14.8. The highest BCUT2D eigenvalue weighted by molar-refractivity contribution is 5.90. The molecule has 1 aromatic rings.